The first-order chi connectivity index (χ1) is 14.0. The summed E-state index contributed by atoms with van der Waals surface area (Å²) in [4.78, 5) is 0. The second-order valence-corrected chi connectivity index (χ2v) is 9.53. The van der Waals surface area contributed by atoms with Gasteiger partial charge in [0.25, 0.3) is 0 Å². The summed E-state index contributed by atoms with van der Waals surface area (Å²) < 4.78 is 38.2. The van der Waals surface area contributed by atoms with Gasteiger partial charge in [-0.3, -0.25) is 0 Å². The molecule has 162 valence electrons. The number of benzene rings is 1. The van der Waals surface area contributed by atoms with Crippen LogP contribution in [0, 0.1) is 17.8 Å². The Kier molecular flexibility index (Phi) is 8.26. The number of unbranched alkanes of at least 4 members (excludes halogenated alkanes) is 1. The van der Waals surface area contributed by atoms with Crippen LogP contribution in [0.4, 0.5) is 13.2 Å². The van der Waals surface area contributed by atoms with Crippen molar-refractivity contribution in [3.63, 3.8) is 0 Å². The van der Waals surface area contributed by atoms with Crippen molar-refractivity contribution in [2.24, 2.45) is 17.8 Å². The highest BCUT2D eigenvalue weighted by Gasteiger charge is 2.30. The monoisotopic (exact) mass is 406 g/mol. The number of allylic oxidation sites excluding steroid dienone is 1. The average molecular weight is 407 g/mol. The Hall–Kier alpha value is -1.25. The van der Waals surface area contributed by atoms with Crippen molar-refractivity contribution < 1.29 is 13.2 Å². The summed E-state index contributed by atoms with van der Waals surface area (Å²) in [5.41, 5.74) is 0.549. The van der Waals surface area contributed by atoms with Crippen molar-refractivity contribution in [3.8, 4) is 0 Å². The Balaban J connectivity index is 1.30. The highest BCUT2D eigenvalue weighted by molar-refractivity contribution is 5.27. The molecule has 0 atom stereocenters. The van der Waals surface area contributed by atoms with Gasteiger partial charge in [0, 0.05) is 0 Å². The molecular formula is C26H37F3. The van der Waals surface area contributed by atoms with Gasteiger partial charge in [0.05, 0.1) is 5.56 Å². The van der Waals surface area contributed by atoms with E-state index in [1.54, 1.807) is 12.1 Å². The SMILES string of the molecule is C=CCC1CCC(CCCCC2CCC(c3ccc(C(F)(F)F)cc3)CC2)CC1. The predicted octanol–water partition coefficient (Wildman–Crippen LogP) is 8.92. The zero-order valence-electron chi connectivity index (χ0n) is 17.7. The Morgan fingerprint density at radius 3 is 1.72 bits per heavy atom. The van der Waals surface area contributed by atoms with Crippen molar-refractivity contribution in [3.05, 3.63) is 48.0 Å². The molecule has 2 aliphatic rings. The topological polar surface area (TPSA) is 0 Å². The first-order valence-corrected chi connectivity index (χ1v) is 11.7. The minimum absolute atomic E-state index is 0.444. The molecule has 0 amide bonds. The summed E-state index contributed by atoms with van der Waals surface area (Å²) in [7, 11) is 0. The predicted molar refractivity (Wildman–Crippen MR) is 115 cm³/mol. The van der Waals surface area contributed by atoms with Crippen LogP contribution in [0.5, 0.6) is 0 Å². The molecule has 29 heavy (non-hydrogen) atoms. The second kappa shape index (κ2) is 10.7. The molecule has 0 aliphatic heterocycles. The van der Waals surface area contributed by atoms with Crippen LogP contribution in [-0.4, -0.2) is 0 Å². The van der Waals surface area contributed by atoms with Gasteiger partial charge in [-0.25, -0.2) is 0 Å². The van der Waals surface area contributed by atoms with E-state index < -0.39 is 11.7 Å². The third-order valence-electron chi connectivity index (χ3n) is 7.50. The average Bonchev–Trinajstić information content (AvgIpc) is 2.72. The van der Waals surface area contributed by atoms with Crippen LogP contribution in [0.3, 0.4) is 0 Å². The van der Waals surface area contributed by atoms with E-state index in [0.717, 1.165) is 36.2 Å². The number of alkyl halides is 3. The Bertz CT molecular complexity index is 600. The van der Waals surface area contributed by atoms with Gasteiger partial charge in [-0.1, -0.05) is 56.7 Å². The highest BCUT2D eigenvalue weighted by atomic mass is 19.4. The zero-order chi connectivity index (χ0) is 20.7. The van der Waals surface area contributed by atoms with E-state index in [1.165, 1.54) is 82.8 Å². The van der Waals surface area contributed by atoms with Crippen molar-refractivity contribution in [1.29, 1.82) is 0 Å². The minimum Gasteiger partial charge on any atom is -0.166 e. The normalized spacial score (nSPS) is 28.2. The van der Waals surface area contributed by atoms with Gasteiger partial charge in [0.1, 0.15) is 0 Å². The van der Waals surface area contributed by atoms with Gasteiger partial charge in [-0.15, -0.1) is 6.58 Å². The quantitative estimate of drug-likeness (QED) is 0.298. The third kappa shape index (κ3) is 6.89. The number of hydrogen-bond donors (Lipinski definition) is 0. The van der Waals surface area contributed by atoms with Crippen molar-refractivity contribution >= 4 is 0 Å². The van der Waals surface area contributed by atoms with Crippen LogP contribution in [0.15, 0.2) is 36.9 Å². The summed E-state index contributed by atoms with van der Waals surface area (Å²) in [6, 6.07) is 5.87. The molecule has 2 fully saturated rings. The van der Waals surface area contributed by atoms with E-state index in [0.29, 0.717) is 5.92 Å². The van der Waals surface area contributed by atoms with Gasteiger partial charge in [-0.05, 0) is 86.3 Å². The first kappa shape index (κ1) is 22.4. The van der Waals surface area contributed by atoms with Gasteiger partial charge >= 0.3 is 6.18 Å². The van der Waals surface area contributed by atoms with Crippen molar-refractivity contribution in [1.82, 2.24) is 0 Å². The molecule has 0 aromatic heterocycles. The summed E-state index contributed by atoms with van der Waals surface area (Å²) in [6.07, 6.45) is 14.8. The van der Waals surface area contributed by atoms with E-state index >= 15 is 0 Å². The van der Waals surface area contributed by atoms with E-state index in [4.69, 9.17) is 0 Å². The maximum atomic E-state index is 12.7. The first-order valence-electron chi connectivity index (χ1n) is 11.7. The molecule has 3 rings (SSSR count). The van der Waals surface area contributed by atoms with Crippen LogP contribution in [0.25, 0.3) is 0 Å². The Morgan fingerprint density at radius 1 is 0.759 bits per heavy atom. The van der Waals surface area contributed by atoms with E-state index in [1.807, 2.05) is 0 Å². The van der Waals surface area contributed by atoms with Crippen LogP contribution < -0.4 is 0 Å². The van der Waals surface area contributed by atoms with Gasteiger partial charge in [0.15, 0.2) is 0 Å². The maximum Gasteiger partial charge on any atom is 0.416 e. The van der Waals surface area contributed by atoms with Crippen LogP contribution in [-0.2, 0) is 6.18 Å². The van der Waals surface area contributed by atoms with Crippen molar-refractivity contribution in [2.45, 2.75) is 95.6 Å². The molecule has 3 heteroatoms. The molecule has 0 saturated heterocycles. The summed E-state index contributed by atoms with van der Waals surface area (Å²) in [6.45, 7) is 3.87. The highest BCUT2D eigenvalue weighted by Crippen LogP contribution is 2.39. The molecule has 2 saturated carbocycles. The molecule has 0 nitrogen and oxygen atoms in total. The molecule has 0 N–H and O–H groups in total. The lowest BCUT2D eigenvalue weighted by Crippen LogP contribution is -2.15. The lowest BCUT2D eigenvalue weighted by molar-refractivity contribution is -0.137. The Labute approximate surface area is 175 Å². The van der Waals surface area contributed by atoms with Gasteiger partial charge in [-0.2, -0.15) is 13.2 Å². The lowest BCUT2D eigenvalue weighted by atomic mass is 9.76. The molecule has 2 aliphatic carbocycles. The maximum absolute atomic E-state index is 12.7. The van der Waals surface area contributed by atoms with Gasteiger partial charge in [0.2, 0.25) is 0 Å². The summed E-state index contributed by atoms with van der Waals surface area (Å²) in [5.74, 6) is 3.11. The molecule has 0 unspecified atom stereocenters. The van der Waals surface area contributed by atoms with E-state index in [2.05, 4.69) is 12.7 Å². The number of hydrogen-bond acceptors (Lipinski definition) is 0. The van der Waals surface area contributed by atoms with E-state index in [-0.39, 0.29) is 0 Å². The summed E-state index contributed by atoms with van der Waals surface area (Å²) in [5, 5.41) is 0. The molecule has 0 spiro atoms. The molecular weight excluding hydrogens is 369 g/mol. The second-order valence-electron chi connectivity index (χ2n) is 9.53. The molecule has 0 radical (unpaired) electrons. The van der Waals surface area contributed by atoms with Gasteiger partial charge < -0.3 is 0 Å². The van der Waals surface area contributed by atoms with Crippen LogP contribution in [0.2, 0.25) is 0 Å². The number of halogens is 3. The van der Waals surface area contributed by atoms with Crippen LogP contribution >= 0.6 is 0 Å². The number of rotatable bonds is 8. The molecule has 0 bridgehead atoms. The largest absolute Gasteiger partial charge is 0.416 e. The molecule has 1 aromatic rings. The molecule has 1 aromatic carbocycles. The van der Waals surface area contributed by atoms with E-state index in [9.17, 15) is 13.2 Å². The smallest absolute Gasteiger partial charge is 0.166 e. The van der Waals surface area contributed by atoms with Crippen molar-refractivity contribution in [2.75, 3.05) is 0 Å². The van der Waals surface area contributed by atoms with Crippen LogP contribution in [0.1, 0.15) is 101 Å². The lowest BCUT2D eigenvalue weighted by Gasteiger charge is -2.30. The minimum atomic E-state index is -4.24. The summed E-state index contributed by atoms with van der Waals surface area (Å²) >= 11 is 0. The zero-order valence-corrected chi connectivity index (χ0v) is 17.7. The molecule has 0 heterocycles. The Morgan fingerprint density at radius 2 is 1.24 bits per heavy atom. The standard InChI is InChI=1S/C26H37F3/c1-2-5-20-8-10-21(11-9-20)6-3-4-7-22-12-14-23(15-13-22)24-16-18-25(19-17-24)26(27,28)29/h2,16-23H,1,3-15H2. The fourth-order valence-corrected chi connectivity index (χ4v) is 5.59. The fourth-order valence-electron chi connectivity index (χ4n) is 5.59. The fraction of sp³-hybridized carbons (Fsp3) is 0.692. The third-order valence-corrected chi connectivity index (χ3v) is 7.50.